The van der Waals surface area contributed by atoms with Crippen molar-refractivity contribution in [2.24, 2.45) is 11.3 Å². The van der Waals surface area contributed by atoms with Gasteiger partial charge in [0.25, 0.3) is 0 Å². The summed E-state index contributed by atoms with van der Waals surface area (Å²) in [6.07, 6.45) is 3.73. The molecule has 0 amide bonds. The maximum Gasteiger partial charge on any atom is 0.0471 e. The maximum atomic E-state index is 5.64. The van der Waals surface area contributed by atoms with Crippen LogP contribution in [-0.2, 0) is 4.74 Å². The third kappa shape index (κ3) is 5.61. The molecule has 0 bridgehead atoms. The smallest absolute Gasteiger partial charge is 0.0471 e. The van der Waals surface area contributed by atoms with Crippen molar-refractivity contribution in [3.8, 4) is 0 Å². The zero-order valence-electron chi connectivity index (χ0n) is 9.94. The molecule has 1 unspecified atom stereocenters. The summed E-state index contributed by atoms with van der Waals surface area (Å²) in [5.74, 6) is 0.865. The van der Waals surface area contributed by atoms with Crippen molar-refractivity contribution in [2.75, 3.05) is 26.3 Å². The van der Waals surface area contributed by atoms with E-state index in [-0.39, 0.29) is 0 Å². The van der Waals surface area contributed by atoms with Gasteiger partial charge in [0, 0.05) is 13.2 Å². The summed E-state index contributed by atoms with van der Waals surface area (Å²) in [5, 5.41) is 3.38. The Morgan fingerprint density at radius 2 is 2.07 bits per heavy atom. The molecule has 0 saturated carbocycles. The molecule has 2 heteroatoms. The number of nitrogens with one attached hydrogen (secondary N) is 1. The van der Waals surface area contributed by atoms with Crippen LogP contribution in [0.25, 0.3) is 0 Å². The molecule has 0 spiro atoms. The van der Waals surface area contributed by atoms with E-state index in [1.807, 2.05) is 0 Å². The van der Waals surface area contributed by atoms with Gasteiger partial charge in [-0.25, -0.2) is 0 Å². The van der Waals surface area contributed by atoms with Crippen LogP contribution < -0.4 is 5.32 Å². The number of rotatable bonds is 5. The van der Waals surface area contributed by atoms with Crippen LogP contribution in [0.4, 0.5) is 0 Å². The highest BCUT2D eigenvalue weighted by Crippen LogP contribution is 2.18. The van der Waals surface area contributed by atoms with Crippen molar-refractivity contribution in [2.45, 2.75) is 40.0 Å². The molecule has 2 nitrogen and oxygen atoms in total. The monoisotopic (exact) mass is 199 g/mol. The van der Waals surface area contributed by atoms with Gasteiger partial charge in [0.1, 0.15) is 0 Å². The summed E-state index contributed by atoms with van der Waals surface area (Å²) in [6, 6.07) is 0. The molecule has 0 aliphatic carbocycles. The molecule has 1 heterocycles. The Kier molecular flexibility index (Phi) is 4.90. The summed E-state index contributed by atoms with van der Waals surface area (Å²) < 4.78 is 5.64. The van der Waals surface area contributed by atoms with Crippen LogP contribution >= 0.6 is 0 Å². The van der Waals surface area contributed by atoms with E-state index in [9.17, 15) is 0 Å². The Bertz CT molecular complexity index is 145. The Morgan fingerprint density at radius 1 is 1.29 bits per heavy atom. The zero-order valence-corrected chi connectivity index (χ0v) is 9.94. The molecule has 1 atom stereocenters. The van der Waals surface area contributed by atoms with Gasteiger partial charge in [-0.3, -0.25) is 0 Å². The molecular formula is C12H25NO. The van der Waals surface area contributed by atoms with Crippen LogP contribution in [0, 0.1) is 11.3 Å². The first kappa shape index (κ1) is 12.0. The molecule has 1 fully saturated rings. The second kappa shape index (κ2) is 5.72. The highest BCUT2D eigenvalue weighted by atomic mass is 16.5. The summed E-state index contributed by atoms with van der Waals surface area (Å²) >= 11 is 0. The minimum atomic E-state index is 0.412. The summed E-state index contributed by atoms with van der Waals surface area (Å²) in [7, 11) is 0. The van der Waals surface area contributed by atoms with Gasteiger partial charge < -0.3 is 10.1 Å². The fourth-order valence-electron chi connectivity index (χ4n) is 1.69. The molecule has 84 valence electrons. The molecule has 1 aliphatic rings. The number of ether oxygens (including phenoxy) is 1. The van der Waals surface area contributed by atoms with Crippen molar-refractivity contribution in [1.82, 2.24) is 5.32 Å². The van der Waals surface area contributed by atoms with E-state index in [0.29, 0.717) is 5.41 Å². The molecule has 0 radical (unpaired) electrons. The quantitative estimate of drug-likeness (QED) is 0.687. The van der Waals surface area contributed by atoms with Gasteiger partial charge in [-0.1, -0.05) is 20.8 Å². The average molecular weight is 199 g/mol. The van der Waals surface area contributed by atoms with Crippen molar-refractivity contribution < 1.29 is 4.74 Å². The van der Waals surface area contributed by atoms with Gasteiger partial charge >= 0.3 is 0 Å². The van der Waals surface area contributed by atoms with Gasteiger partial charge in [-0.15, -0.1) is 0 Å². The molecule has 0 aromatic rings. The Labute approximate surface area is 88.4 Å². The predicted molar refractivity (Wildman–Crippen MR) is 60.5 cm³/mol. The molecule has 1 N–H and O–H groups in total. The molecule has 1 saturated heterocycles. The molecule has 14 heavy (non-hydrogen) atoms. The van der Waals surface area contributed by atoms with E-state index in [1.165, 1.54) is 25.9 Å². The van der Waals surface area contributed by atoms with Gasteiger partial charge in [0.2, 0.25) is 0 Å². The summed E-state index contributed by atoms with van der Waals surface area (Å²) in [5.41, 5.74) is 0.412. The van der Waals surface area contributed by atoms with Gasteiger partial charge in [-0.2, -0.15) is 0 Å². The lowest BCUT2D eigenvalue weighted by Gasteiger charge is -2.18. The normalized spacial score (nSPS) is 22.9. The second-order valence-corrected chi connectivity index (χ2v) is 5.57. The van der Waals surface area contributed by atoms with Gasteiger partial charge in [0.15, 0.2) is 0 Å². The van der Waals surface area contributed by atoms with Crippen LogP contribution in [0.15, 0.2) is 0 Å². The van der Waals surface area contributed by atoms with E-state index < -0.39 is 0 Å². The molecule has 0 aromatic heterocycles. The van der Waals surface area contributed by atoms with Crippen molar-refractivity contribution in [3.05, 3.63) is 0 Å². The van der Waals surface area contributed by atoms with E-state index in [1.54, 1.807) is 0 Å². The fourth-order valence-corrected chi connectivity index (χ4v) is 1.69. The third-order valence-corrected chi connectivity index (χ3v) is 2.83. The van der Waals surface area contributed by atoms with Crippen LogP contribution in [0.3, 0.4) is 0 Å². The largest absolute Gasteiger partial charge is 0.381 e. The van der Waals surface area contributed by atoms with Gasteiger partial charge in [-0.05, 0) is 43.7 Å². The Morgan fingerprint density at radius 3 is 2.64 bits per heavy atom. The Balaban J connectivity index is 1.89. The Hall–Kier alpha value is -0.0800. The average Bonchev–Trinajstić information content (AvgIpc) is 2.54. The van der Waals surface area contributed by atoms with Crippen molar-refractivity contribution >= 4 is 0 Å². The lowest BCUT2D eigenvalue weighted by molar-refractivity contribution is 0.0985. The van der Waals surface area contributed by atoms with Crippen LogP contribution in [0.1, 0.15) is 40.0 Å². The molecule has 0 aromatic carbocycles. The highest BCUT2D eigenvalue weighted by Gasteiger charge is 2.14. The van der Waals surface area contributed by atoms with Crippen molar-refractivity contribution in [3.63, 3.8) is 0 Å². The minimum Gasteiger partial charge on any atom is -0.381 e. The molecular weight excluding hydrogens is 174 g/mol. The van der Waals surface area contributed by atoms with E-state index in [2.05, 4.69) is 26.1 Å². The van der Waals surface area contributed by atoms with Crippen molar-refractivity contribution in [1.29, 1.82) is 0 Å². The van der Waals surface area contributed by atoms with E-state index >= 15 is 0 Å². The first-order chi connectivity index (χ1) is 6.58. The minimum absolute atomic E-state index is 0.412. The molecule has 1 aliphatic heterocycles. The van der Waals surface area contributed by atoms with Crippen LogP contribution in [0.2, 0.25) is 0 Å². The fraction of sp³-hybridized carbons (Fsp3) is 1.00. The molecule has 1 rings (SSSR count). The SMILES string of the molecule is CC(C)(C)CCOCCC1CCNC1. The predicted octanol–water partition coefficient (Wildman–Crippen LogP) is 2.44. The van der Waals surface area contributed by atoms with Crippen LogP contribution in [0.5, 0.6) is 0 Å². The zero-order chi connectivity index (χ0) is 10.4. The van der Waals surface area contributed by atoms with E-state index in [4.69, 9.17) is 4.74 Å². The lowest BCUT2D eigenvalue weighted by atomic mass is 9.93. The lowest BCUT2D eigenvalue weighted by Crippen LogP contribution is -2.13. The summed E-state index contributed by atoms with van der Waals surface area (Å²) in [4.78, 5) is 0. The second-order valence-electron chi connectivity index (χ2n) is 5.57. The first-order valence-corrected chi connectivity index (χ1v) is 5.86. The highest BCUT2D eigenvalue weighted by molar-refractivity contribution is 4.70. The van der Waals surface area contributed by atoms with E-state index in [0.717, 1.165) is 25.6 Å². The first-order valence-electron chi connectivity index (χ1n) is 5.86. The third-order valence-electron chi connectivity index (χ3n) is 2.83. The number of hydrogen-bond donors (Lipinski definition) is 1. The maximum absolute atomic E-state index is 5.64. The standard InChI is InChI=1S/C12H25NO/c1-12(2,3)6-9-14-8-5-11-4-7-13-10-11/h11,13H,4-10H2,1-3H3. The van der Waals surface area contributed by atoms with Crippen LogP contribution in [-0.4, -0.2) is 26.3 Å². The number of hydrogen-bond acceptors (Lipinski definition) is 2. The van der Waals surface area contributed by atoms with Gasteiger partial charge in [0.05, 0.1) is 0 Å². The summed E-state index contributed by atoms with van der Waals surface area (Å²) in [6.45, 7) is 11.0. The topological polar surface area (TPSA) is 21.3 Å².